The van der Waals surface area contributed by atoms with E-state index >= 15 is 0 Å². The maximum Gasteiger partial charge on any atom is 0.103 e. The zero-order valence-electron chi connectivity index (χ0n) is 10.9. The number of aryl methyl sites for hydroxylation is 2. The summed E-state index contributed by atoms with van der Waals surface area (Å²) in [7, 11) is 0. The Labute approximate surface area is 104 Å². The lowest BCUT2D eigenvalue weighted by Crippen LogP contribution is -2.25. The molecular weight excluding hydrogens is 208 g/mol. The monoisotopic (exact) mass is 230 g/mol. The fourth-order valence-corrected chi connectivity index (χ4v) is 2.47. The maximum absolute atomic E-state index is 6.15. The van der Waals surface area contributed by atoms with Crippen LogP contribution in [0.1, 0.15) is 43.2 Å². The highest BCUT2D eigenvalue weighted by molar-refractivity contribution is 5.85. The first-order valence-corrected chi connectivity index (χ1v) is 6.58. The molecule has 92 valence electrons. The van der Waals surface area contributed by atoms with Crippen molar-refractivity contribution in [3.63, 3.8) is 0 Å². The Bertz CT molecular complexity index is 415. The van der Waals surface area contributed by atoms with Crippen LogP contribution in [0.5, 0.6) is 0 Å². The molecule has 2 heteroatoms. The van der Waals surface area contributed by atoms with Crippen LogP contribution in [-0.4, -0.2) is 5.84 Å². The second kappa shape index (κ2) is 5.35. The molecule has 1 fully saturated rings. The molecule has 1 aliphatic rings. The molecule has 1 aromatic carbocycles. The fraction of sp³-hybridized carbons (Fsp3) is 0.533. The molecule has 0 amide bonds. The molecule has 0 aliphatic heterocycles. The van der Waals surface area contributed by atoms with Crippen molar-refractivity contribution < 1.29 is 0 Å². The van der Waals surface area contributed by atoms with E-state index < -0.39 is 0 Å². The highest BCUT2D eigenvalue weighted by Crippen LogP contribution is 2.26. The summed E-state index contributed by atoms with van der Waals surface area (Å²) in [5, 5.41) is 0. The second-order valence-corrected chi connectivity index (χ2v) is 5.16. The van der Waals surface area contributed by atoms with Gasteiger partial charge in [-0.05, 0) is 43.9 Å². The third kappa shape index (κ3) is 3.09. The van der Waals surface area contributed by atoms with Crippen LogP contribution in [0.2, 0.25) is 0 Å². The molecule has 1 aliphatic carbocycles. The van der Waals surface area contributed by atoms with E-state index in [1.165, 1.54) is 43.2 Å². The summed E-state index contributed by atoms with van der Waals surface area (Å²) in [5.74, 6) is 1.34. The van der Waals surface area contributed by atoms with Gasteiger partial charge in [-0.15, -0.1) is 0 Å². The first-order valence-electron chi connectivity index (χ1n) is 6.58. The minimum atomic E-state index is 0.503. The number of rotatable bonds is 2. The predicted octanol–water partition coefficient (Wildman–Crippen LogP) is 3.87. The molecule has 0 heterocycles. The molecule has 0 saturated heterocycles. The molecule has 2 N–H and O–H groups in total. The van der Waals surface area contributed by atoms with Crippen molar-refractivity contribution in [3.8, 4) is 0 Å². The van der Waals surface area contributed by atoms with E-state index in [0.29, 0.717) is 5.92 Å². The number of benzene rings is 1. The first kappa shape index (κ1) is 12.2. The molecular formula is C15H22N2. The van der Waals surface area contributed by atoms with Gasteiger partial charge >= 0.3 is 0 Å². The predicted molar refractivity (Wildman–Crippen MR) is 73.8 cm³/mol. The van der Waals surface area contributed by atoms with Crippen LogP contribution in [0.3, 0.4) is 0 Å². The third-order valence-electron chi connectivity index (χ3n) is 3.64. The van der Waals surface area contributed by atoms with Crippen molar-refractivity contribution in [2.75, 3.05) is 0 Å². The molecule has 1 aromatic rings. The molecule has 0 spiro atoms. The van der Waals surface area contributed by atoms with Crippen LogP contribution in [0.15, 0.2) is 23.2 Å². The summed E-state index contributed by atoms with van der Waals surface area (Å²) < 4.78 is 0. The minimum absolute atomic E-state index is 0.503. The van der Waals surface area contributed by atoms with Gasteiger partial charge in [-0.25, -0.2) is 4.99 Å². The zero-order valence-corrected chi connectivity index (χ0v) is 10.9. The third-order valence-corrected chi connectivity index (χ3v) is 3.64. The topological polar surface area (TPSA) is 38.4 Å². The lowest BCUT2D eigenvalue weighted by atomic mass is 9.88. The second-order valence-electron chi connectivity index (χ2n) is 5.16. The summed E-state index contributed by atoms with van der Waals surface area (Å²) in [5.41, 5.74) is 9.63. The number of nitrogens with zero attached hydrogens (tertiary/aromatic N) is 1. The van der Waals surface area contributed by atoms with Gasteiger partial charge in [0.05, 0.1) is 5.69 Å². The van der Waals surface area contributed by atoms with Crippen LogP contribution in [0.25, 0.3) is 0 Å². The van der Waals surface area contributed by atoms with Gasteiger partial charge in [0.15, 0.2) is 0 Å². The van der Waals surface area contributed by atoms with E-state index in [0.717, 1.165) is 11.5 Å². The molecule has 2 nitrogen and oxygen atoms in total. The lowest BCUT2D eigenvalue weighted by Gasteiger charge is -2.21. The Morgan fingerprint density at radius 3 is 2.59 bits per heavy atom. The molecule has 0 bridgehead atoms. The van der Waals surface area contributed by atoms with Crippen molar-refractivity contribution in [1.82, 2.24) is 0 Å². The number of hydrogen-bond acceptors (Lipinski definition) is 1. The van der Waals surface area contributed by atoms with Gasteiger partial charge < -0.3 is 5.73 Å². The first-order chi connectivity index (χ1) is 8.16. The minimum Gasteiger partial charge on any atom is -0.387 e. The fourth-order valence-electron chi connectivity index (χ4n) is 2.47. The van der Waals surface area contributed by atoms with Crippen LogP contribution in [-0.2, 0) is 0 Å². The molecule has 0 radical (unpaired) electrons. The van der Waals surface area contributed by atoms with Crippen LogP contribution in [0, 0.1) is 19.8 Å². The van der Waals surface area contributed by atoms with Crippen molar-refractivity contribution in [1.29, 1.82) is 0 Å². The highest BCUT2D eigenvalue weighted by atomic mass is 14.9. The summed E-state index contributed by atoms with van der Waals surface area (Å²) >= 11 is 0. The average Bonchev–Trinajstić information content (AvgIpc) is 2.35. The zero-order chi connectivity index (χ0) is 12.3. The quantitative estimate of drug-likeness (QED) is 0.608. The van der Waals surface area contributed by atoms with Crippen LogP contribution in [0.4, 0.5) is 5.69 Å². The smallest absolute Gasteiger partial charge is 0.103 e. The summed E-state index contributed by atoms with van der Waals surface area (Å²) in [4.78, 5) is 4.64. The van der Waals surface area contributed by atoms with Crippen molar-refractivity contribution in [2.24, 2.45) is 16.6 Å². The number of aliphatic imine (C=N–C) groups is 1. The van der Waals surface area contributed by atoms with Gasteiger partial charge in [0.2, 0.25) is 0 Å². The van der Waals surface area contributed by atoms with Crippen molar-refractivity contribution >= 4 is 11.5 Å². The number of hydrogen-bond donors (Lipinski definition) is 1. The average molecular weight is 230 g/mol. The normalized spacial score (nSPS) is 18.4. The Hall–Kier alpha value is -1.31. The van der Waals surface area contributed by atoms with E-state index in [1.807, 2.05) is 0 Å². The molecule has 2 rings (SSSR count). The summed E-state index contributed by atoms with van der Waals surface area (Å²) in [6.45, 7) is 4.18. The Morgan fingerprint density at radius 2 is 1.88 bits per heavy atom. The Balaban J connectivity index is 2.19. The summed E-state index contributed by atoms with van der Waals surface area (Å²) in [6, 6.07) is 6.35. The van der Waals surface area contributed by atoms with Gasteiger partial charge in [-0.2, -0.15) is 0 Å². The number of amidine groups is 1. The lowest BCUT2D eigenvalue weighted by molar-refractivity contribution is 0.437. The van der Waals surface area contributed by atoms with Crippen LogP contribution >= 0.6 is 0 Å². The van der Waals surface area contributed by atoms with Gasteiger partial charge in [0, 0.05) is 5.92 Å². The van der Waals surface area contributed by atoms with Gasteiger partial charge in [0.1, 0.15) is 5.84 Å². The van der Waals surface area contributed by atoms with E-state index in [4.69, 9.17) is 5.73 Å². The van der Waals surface area contributed by atoms with Crippen LogP contribution < -0.4 is 5.73 Å². The SMILES string of the molecule is Cc1ccc(C)c(N=C(N)C2CCCCC2)c1. The Morgan fingerprint density at radius 1 is 1.18 bits per heavy atom. The number of nitrogens with two attached hydrogens (primary N) is 1. The van der Waals surface area contributed by atoms with Gasteiger partial charge in [-0.1, -0.05) is 31.4 Å². The van der Waals surface area contributed by atoms with Crippen molar-refractivity contribution in [2.45, 2.75) is 46.0 Å². The summed E-state index contributed by atoms with van der Waals surface area (Å²) in [6.07, 6.45) is 6.37. The Kier molecular flexibility index (Phi) is 3.82. The van der Waals surface area contributed by atoms with Gasteiger partial charge in [-0.3, -0.25) is 0 Å². The molecule has 17 heavy (non-hydrogen) atoms. The molecule has 0 unspecified atom stereocenters. The van der Waals surface area contributed by atoms with E-state index in [2.05, 4.69) is 37.0 Å². The van der Waals surface area contributed by atoms with E-state index in [9.17, 15) is 0 Å². The molecule has 0 aromatic heterocycles. The molecule has 0 atom stereocenters. The van der Waals surface area contributed by atoms with E-state index in [1.54, 1.807) is 0 Å². The maximum atomic E-state index is 6.15. The van der Waals surface area contributed by atoms with Gasteiger partial charge in [0.25, 0.3) is 0 Å². The van der Waals surface area contributed by atoms with E-state index in [-0.39, 0.29) is 0 Å². The largest absolute Gasteiger partial charge is 0.387 e. The molecule has 1 saturated carbocycles. The highest BCUT2D eigenvalue weighted by Gasteiger charge is 2.17. The van der Waals surface area contributed by atoms with Crippen molar-refractivity contribution in [3.05, 3.63) is 29.3 Å². The standard InChI is InChI=1S/C15H22N2/c1-11-8-9-12(2)14(10-11)17-15(16)13-6-4-3-5-7-13/h8-10,13H,3-7H2,1-2H3,(H2,16,17).